The van der Waals surface area contributed by atoms with Crippen LogP contribution in [0.25, 0.3) is 0 Å². The van der Waals surface area contributed by atoms with Crippen molar-refractivity contribution in [1.29, 1.82) is 0 Å². The Hall–Kier alpha value is -2.74. The Labute approximate surface area is 194 Å². The fourth-order valence-corrected chi connectivity index (χ4v) is 4.52. The van der Waals surface area contributed by atoms with Crippen molar-refractivity contribution in [1.82, 2.24) is 0 Å². The number of benzene rings is 3. The van der Waals surface area contributed by atoms with Gasteiger partial charge in [-0.3, -0.25) is 0 Å². The van der Waals surface area contributed by atoms with Gasteiger partial charge in [0, 0.05) is 10.8 Å². The highest BCUT2D eigenvalue weighted by Crippen LogP contribution is 2.39. The lowest BCUT2D eigenvalue weighted by atomic mass is 9.73. The summed E-state index contributed by atoms with van der Waals surface area (Å²) in [6.45, 7) is 13.3. The second-order valence-corrected chi connectivity index (χ2v) is 10.0. The molecule has 0 atom stereocenters. The molecule has 2 nitrogen and oxygen atoms in total. The Bertz CT molecular complexity index is 993. The van der Waals surface area contributed by atoms with Crippen LogP contribution in [0.5, 0.6) is 11.5 Å². The number of phenolic OH excluding ortho intramolecular Hbond substituents is 2. The highest BCUT2D eigenvalue weighted by atomic mass is 16.3. The monoisotopic (exact) mass is 430 g/mol. The van der Waals surface area contributed by atoms with E-state index >= 15 is 0 Å². The van der Waals surface area contributed by atoms with E-state index in [1.807, 2.05) is 24.3 Å². The van der Waals surface area contributed by atoms with Crippen LogP contribution in [-0.2, 0) is 23.7 Å². The summed E-state index contributed by atoms with van der Waals surface area (Å²) >= 11 is 0. The third-order valence-corrected chi connectivity index (χ3v) is 6.95. The summed E-state index contributed by atoms with van der Waals surface area (Å²) in [6, 6.07) is 20.9. The molecule has 0 bridgehead atoms. The lowest BCUT2D eigenvalue weighted by Crippen LogP contribution is -2.23. The van der Waals surface area contributed by atoms with E-state index in [4.69, 9.17) is 0 Å². The molecule has 0 spiro atoms. The maximum absolute atomic E-state index is 10.2. The highest BCUT2D eigenvalue weighted by molar-refractivity contribution is 5.48. The van der Waals surface area contributed by atoms with Gasteiger partial charge in [0.1, 0.15) is 11.5 Å². The van der Waals surface area contributed by atoms with Crippen LogP contribution in [0.2, 0.25) is 0 Å². The van der Waals surface area contributed by atoms with Gasteiger partial charge in [-0.05, 0) is 58.4 Å². The summed E-state index contributed by atoms with van der Waals surface area (Å²) in [5, 5.41) is 20.5. The van der Waals surface area contributed by atoms with E-state index in [9.17, 15) is 10.2 Å². The fourth-order valence-electron chi connectivity index (χ4n) is 4.52. The quantitative estimate of drug-likeness (QED) is 0.385. The van der Waals surface area contributed by atoms with Crippen LogP contribution < -0.4 is 0 Å². The van der Waals surface area contributed by atoms with Crippen LogP contribution in [0.15, 0.2) is 60.7 Å². The molecule has 0 fully saturated rings. The molecule has 0 aliphatic carbocycles. The first kappa shape index (κ1) is 23.9. The standard InChI is InChI=1S/C30H38O2/c1-7-10-21-18-25(14-16-27(21)31)29(3,4)23-12-9-13-24(20-23)30(5,6)26-15-17-28(32)22(19-26)11-8-2/h9,12-20,31-32H,7-8,10-11H2,1-6H3. The van der Waals surface area contributed by atoms with Crippen molar-refractivity contribution in [3.05, 3.63) is 94.0 Å². The van der Waals surface area contributed by atoms with Gasteiger partial charge in [0.05, 0.1) is 0 Å². The second-order valence-electron chi connectivity index (χ2n) is 10.0. The van der Waals surface area contributed by atoms with Crippen LogP contribution in [-0.4, -0.2) is 10.2 Å². The molecule has 0 amide bonds. The molecule has 0 unspecified atom stereocenters. The Kier molecular flexibility index (Phi) is 7.03. The zero-order chi connectivity index (χ0) is 23.5. The lowest BCUT2D eigenvalue weighted by molar-refractivity contribution is 0.466. The Morgan fingerprint density at radius 1 is 0.562 bits per heavy atom. The first-order valence-electron chi connectivity index (χ1n) is 11.9. The van der Waals surface area contributed by atoms with Crippen LogP contribution >= 0.6 is 0 Å². The zero-order valence-corrected chi connectivity index (χ0v) is 20.5. The smallest absolute Gasteiger partial charge is 0.118 e. The molecular weight excluding hydrogens is 392 g/mol. The molecule has 2 N–H and O–H groups in total. The summed E-state index contributed by atoms with van der Waals surface area (Å²) in [5.74, 6) is 0.771. The summed E-state index contributed by atoms with van der Waals surface area (Å²) in [7, 11) is 0. The Morgan fingerprint density at radius 2 is 0.938 bits per heavy atom. The number of hydrogen-bond donors (Lipinski definition) is 2. The first-order chi connectivity index (χ1) is 15.1. The average Bonchev–Trinajstić information content (AvgIpc) is 2.77. The van der Waals surface area contributed by atoms with Gasteiger partial charge in [0.2, 0.25) is 0 Å². The largest absolute Gasteiger partial charge is 0.508 e. The molecular formula is C30H38O2. The van der Waals surface area contributed by atoms with Crippen molar-refractivity contribution in [2.45, 2.75) is 78.1 Å². The zero-order valence-electron chi connectivity index (χ0n) is 20.5. The van der Waals surface area contributed by atoms with Crippen molar-refractivity contribution in [3.8, 4) is 11.5 Å². The number of hydrogen-bond acceptors (Lipinski definition) is 2. The summed E-state index contributed by atoms with van der Waals surface area (Å²) < 4.78 is 0. The van der Waals surface area contributed by atoms with Crippen LogP contribution in [0, 0.1) is 0 Å². The third-order valence-electron chi connectivity index (χ3n) is 6.95. The van der Waals surface area contributed by atoms with Crippen LogP contribution in [0.4, 0.5) is 0 Å². The van der Waals surface area contributed by atoms with Crippen molar-refractivity contribution in [3.63, 3.8) is 0 Å². The van der Waals surface area contributed by atoms with Gasteiger partial charge >= 0.3 is 0 Å². The molecule has 3 rings (SSSR count). The Balaban J connectivity index is 2.02. The summed E-state index contributed by atoms with van der Waals surface area (Å²) in [4.78, 5) is 0. The normalized spacial score (nSPS) is 12.2. The number of aromatic hydroxyl groups is 2. The van der Waals surface area contributed by atoms with E-state index in [1.165, 1.54) is 22.3 Å². The van der Waals surface area contributed by atoms with E-state index in [1.54, 1.807) is 0 Å². The van der Waals surface area contributed by atoms with Crippen molar-refractivity contribution >= 4 is 0 Å². The number of rotatable bonds is 8. The molecule has 0 aliphatic rings. The number of phenols is 2. The summed E-state index contributed by atoms with van der Waals surface area (Å²) in [6.07, 6.45) is 3.77. The molecule has 0 saturated carbocycles. The topological polar surface area (TPSA) is 40.5 Å². The first-order valence-corrected chi connectivity index (χ1v) is 11.9. The van der Waals surface area contributed by atoms with Gasteiger partial charge in [-0.1, -0.05) is 103 Å². The molecule has 0 aliphatic heterocycles. The van der Waals surface area contributed by atoms with Crippen molar-refractivity contribution in [2.24, 2.45) is 0 Å². The van der Waals surface area contributed by atoms with Gasteiger partial charge in [0.25, 0.3) is 0 Å². The van der Waals surface area contributed by atoms with E-state index in [-0.39, 0.29) is 10.8 Å². The van der Waals surface area contributed by atoms with E-state index < -0.39 is 0 Å². The average molecular weight is 431 g/mol. The fraction of sp³-hybridized carbons (Fsp3) is 0.400. The Morgan fingerprint density at radius 3 is 1.31 bits per heavy atom. The molecule has 3 aromatic rings. The highest BCUT2D eigenvalue weighted by Gasteiger charge is 2.28. The van der Waals surface area contributed by atoms with Crippen molar-refractivity contribution in [2.75, 3.05) is 0 Å². The number of aryl methyl sites for hydroxylation is 2. The lowest BCUT2D eigenvalue weighted by Gasteiger charge is -2.31. The van der Waals surface area contributed by atoms with E-state index in [0.717, 1.165) is 36.8 Å². The van der Waals surface area contributed by atoms with Crippen LogP contribution in [0.3, 0.4) is 0 Å². The predicted molar refractivity (Wildman–Crippen MR) is 135 cm³/mol. The summed E-state index contributed by atoms with van der Waals surface area (Å²) in [5.41, 5.74) is 6.58. The molecule has 0 radical (unpaired) electrons. The van der Waals surface area contributed by atoms with Gasteiger partial charge < -0.3 is 10.2 Å². The van der Waals surface area contributed by atoms with Crippen LogP contribution in [0.1, 0.15) is 87.8 Å². The minimum Gasteiger partial charge on any atom is -0.508 e. The van der Waals surface area contributed by atoms with Crippen molar-refractivity contribution < 1.29 is 10.2 Å². The van der Waals surface area contributed by atoms with Gasteiger partial charge in [-0.15, -0.1) is 0 Å². The molecule has 3 aromatic carbocycles. The molecule has 2 heteroatoms. The SMILES string of the molecule is CCCc1cc(C(C)(C)c2cccc(C(C)(C)c3ccc(O)c(CCC)c3)c2)ccc1O. The molecule has 0 saturated heterocycles. The van der Waals surface area contributed by atoms with Gasteiger partial charge in [-0.25, -0.2) is 0 Å². The van der Waals surface area contributed by atoms with E-state index in [0.29, 0.717) is 11.5 Å². The molecule has 32 heavy (non-hydrogen) atoms. The molecule has 170 valence electrons. The maximum Gasteiger partial charge on any atom is 0.118 e. The maximum atomic E-state index is 10.2. The predicted octanol–water partition coefficient (Wildman–Crippen LogP) is 7.65. The van der Waals surface area contributed by atoms with E-state index in [2.05, 4.69) is 77.9 Å². The van der Waals surface area contributed by atoms with Gasteiger partial charge in [0.15, 0.2) is 0 Å². The second kappa shape index (κ2) is 9.40. The third kappa shape index (κ3) is 4.70. The minimum atomic E-state index is -0.190. The van der Waals surface area contributed by atoms with Gasteiger partial charge in [-0.2, -0.15) is 0 Å². The molecule has 0 heterocycles. The molecule has 0 aromatic heterocycles. The minimum absolute atomic E-state index is 0.190.